The van der Waals surface area contributed by atoms with E-state index in [0.717, 1.165) is 5.56 Å². The van der Waals surface area contributed by atoms with Crippen molar-refractivity contribution in [1.29, 1.82) is 0 Å². The summed E-state index contributed by atoms with van der Waals surface area (Å²) < 4.78 is 0. The van der Waals surface area contributed by atoms with Crippen LogP contribution < -0.4 is 9.80 Å². The number of carbonyl (C=O) groups is 2. The zero-order valence-corrected chi connectivity index (χ0v) is 14.6. The lowest BCUT2D eigenvalue weighted by atomic mass is 10.1. The number of amides is 3. The standard InChI is InChI=1S/C20H19N3O3/c1-4-15-7-5-6-8-18(15)22-14(3)19(24)23(20(22)25)17-11-9-16(10-12-17)13(2)21-26/h4-12,14,26H,1H2,2-3H3. The molecule has 2 aromatic carbocycles. The maximum atomic E-state index is 13.0. The fraction of sp³-hybridized carbons (Fsp3) is 0.150. The van der Waals surface area contributed by atoms with E-state index in [9.17, 15) is 9.59 Å². The van der Waals surface area contributed by atoms with Gasteiger partial charge >= 0.3 is 6.03 Å². The molecule has 132 valence electrons. The third kappa shape index (κ3) is 2.75. The lowest BCUT2D eigenvalue weighted by Gasteiger charge is -2.21. The van der Waals surface area contributed by atoms with Gasteiger partial charge in [0.15, 0.2) is 0 Å². The largest absolute Gasteiger partial charge is 0.411 e. The molecule has 1 aliphatic heterocycles. The van der Waals surface area contributed by atoms with Crippen molar-refractivity contribution in [3.63, 3.8) is 0 Å². The second-order valence-corrected chi connectivity index (χ2v) is 6.00. The van der Waals surface area contributed by atoms with Crippen molar-refractivity contribution in [2.24, 2.45) is 5.16 Å². The molecule has 0 saturated carbocycles. The minimum Gasteiger partial charge on any atom is -0.411 e. The Labute approximate surface area is 151 Å². The monoisotopic (exact) mass is 349 g/mol. The molecule has 1 unspecified atom stereocenters. The number of para-hydroxylation sites is 1. The SMILES string of the molecule is C=Cc1ccccc1N1C(=O)N(c2ccc(C(C)=NO)cc2)C(=O)C1C. The summed E-state index contributed by atoms with van der Waals surface area (Å²) >= 11 is 0. The quantitative estimate of drug-likeness (QED) is 0.394. The Hall–Kier alpha value is -3.41. The van der Waals surface area contributed by atoms with Crippen LogP contribution >= 0.6 is 0 Å². The molecule has 1 atom stereocenters. The number of rotatable bonds is 4. The normalized spacial score (nSPS) is 17.8. The van der Waals surface area contributed by atoms with Crippen molar-refractivity contribution >= 4 is 35.1 Å². The molecule has 1 heterocycles. The summed E-state index contributed by atoms with van der Waals surface area (Å²) in [4.78, 5) is 28.4. The first-order chi connectivity index (χ1) is 12.5. The predicted octanol–water partition coefficient (Wildman–Crippen LogP) is 3.89. The summed E-state index contributed by atoms with van der Waals surface area (Å²) in [7, 11) is 0. The van der Waals surface area contributed by atoms with Gasteiger partial charge in [0.25, 0.3) is 5.91 Å². The van der Waals surface area contributed by atoms with Gasteiger partial charge in [-0.05, 0) is 43.2 Å². The zero-order chi connectivity index (χ0) is 18.8. The van der Waals surface area contributed by atoms with Gasteiger partial charge in [0.1, 0.15) is 6.04 Å². The maximum absolute atomic E-state index is 13.0. The van der Waals surface area contributed by atoms with Crippen molar-refractivity contribution < 1.29 is 14.8 Å². The number of carbonyl (C=O) groups excluding carboxylic acids is 2. The predicted molar refractivity (Wildman–Crippen MR) is 102 cm³/mol. The fourth-order valence-electron chi connectivity index (χ4n) is 3.00. The van der Waals surface area contributed by atoms with Crippen LogP contribution in [-0.4, -0.2) is 28.9 Å². The molecule has 1 aliphatic rings. The highest BCUT2D eigenvalue weighted by Crippen LogP contribution is 2.32. The summed E-state index contributed by atoms with van der Waals surface area (Å²) in [5.74, 6) is -0.297. The Morgan fingerprint density at radius 3 is 2.42 bits per heavy atom. The number of hydrogen-bond acceptors (Lipinski definition) is 4. The highest BCUT2D eigenvalue weighted by molar-refractivity contribution is 6.28. The number of benzene rings is 2. The molecule has 1 saturated heterocycles. The molecule has 0 radical (unpaired) electrons. The number of hydrogen-bond donors (Lipinski definition) is 1. The van der Waals surface area contributed by atoms with Crippen LogP contribution in [0.1, 0.15) is 25.0 Å². The van der Waals surface area contributed by atoms with E-state index in [2.05, 4.69) is 11.7 Å². The van der Waals surface area contributed by atoms with Crippen LogP contribution in [0.3, 0.4) is 0 Å². The smallest absolute Gasteiger partial charge is 0.336 e. The number of anilines is 2. The molecule has 3 amide bonds. The van der Waals surface area contributed by atoms with Crippen molar-refractivity contribution in [3.8, 4) is 0 Å². The minimum absolute atomic E-state index is 0.297. The third-order valence-electron chi connectivity index (χ3n) is 4.47. The number of urea groups is 1. The van der Waals surface area contributed by atoms with E-state index in [1.807, 2.05) is 18.2 Å². The van der Waals surface area contributed by atoms with Crippen molar-refractivity contribution in [2.75, 3.05) is 9.80 Å². The summed E-state index contributed by atoms with van der Waals surface area (Å²) in [6.07, 6.45) is 1.66. The molecule has 1 fully saturated rings. The summed E-state index contributed by atoms with van der Waals surface area (Å²) in [6.45, 7) is 7.14. The second kappa shape index (κ2) is 6.84. The van der Waals surface area contributed by atoms with Gasteiger partial charge in [0.2, 0.25) is 0 Å². The van der Waals surface area contributed by atoms with Crippen LogP contribution in [0.5, 0.6) is 0 Å². The van der Waals surface area contributed by atoms with E-state index < -0.39 is 12.1 Å². The van der Waals surface area contributed by atoms with Crippen molar-refractivity contribution in [1.82, 2.24) is 0 Å². The van der Waals surface area contributed by atoms with E-state index >= 15 is 0 Å². The summed E-state index contributed by atoms with van der Waals surface area (Å²) in [6, 6.07) is 13.0. The Morgan fingerprint density at radius 1 is 1.15 bits per heavy atom. The maximum Gasteiger partial charge on any atom is 0.336 e. The molecule has 6 heteroatoms. The molecule has 3 rings (SSSR count). The molecule has 0 aromatic heterocycles. The highest BCUT2D eigenvalue weighted by Gasteiger charge is 2.44. The van der Waals surface area contributed by atoms with Crippen LogP contribution in [0.15, 0.2) is 60.3 Å². The van der Waals surface area contributed by atoms with E-state index in [-0.39, 0.29) is 5.91 Å². The Bertz CT molecular complexity index is 903. The average Bonchev–Trinajstić information content (AvgIpc) is 2.90. The summed E-state index contributed by atoms with van der Waals surface area (Å²) in [5, 5.41) is 12.0. The third-order valence-corrected chi connectivity index (χ3v) is 4.47. The second-order valence-electron chi connectivity index (χ2n) is 6.00. The fourth-order valence-corrected chi connectivity index (χ4v) is 3.00. The molecular weight excluding hydrogens is 330 g/mol. The van der Waals surface area contributed by atoms with E-state index in [1.54, 1.807) is 50.3 Å². The van der Waals surface area contributed by atoms with Gasteiger partial charge in [-0.1, -0.05) is 48.1 Å². The van der Waals surface area contributed by atoms with Gasteiger partial charge < -0.3 is 5.21 Å². The van der Waals surface area contributed by atoms with Crippen molar-refractivity contribution in [2.45, 2.75) is 19.9 Å². The molecule has 0 spiro atoms. The topological polar surface area (TPSA) is 73.2 Å². The number of imide groups is 1. The van der Waals surface area contributed by atoms with Crippen LogP contribution in [0.4, 0.5) is 16.2 Å². The van der Waals surface area contributed by atoms with E-state index in [1.165, 1.54) is 9.80 Å². The van der Waals surface area contributed by atoms with Crippen LogP contribution in [0, 0.1) is 0 Å². The van der Waals surface area contributed by atoms with Gasteiger partial charge in [0.05, 0.1) is 17.1 Å². The zero-order valence-electron chi connectivity index (χ0n) is 14.6. The minimum atomic E-state index is -0.621. The molecule has 0 bridgehead atoms. The van der Waals surface area contributed by atoms with Gasteiger partial charge in [-0.15, -0.1) is 0 Å². The Balaban J connectivity index is 1.99. The van der Waals surface area contributed by atoms with E-state index in [0.29, 0.717) is 22.6 Å². The molecule has 1 N–H and O–H groups in total. The van der Waals surface area contributed by atoms with Crippen LogP contribution in [-0.2, 0) is 4.79 Å². The molecule has 26 heavy (non-hydrogen) atoms. The first-order valence-corrected chi connectivity index (χ1v) is 8.17. The molecule has 0 aliphatic carbocycles. The van der Waals surface area contributed by atoms with Crippen LogP contribution in [0.2, 0.25) is 0 Å². The lowest BCUT2D eigenvalue weighted by molar-refractivity contribution is -0.117. The van der Waals surface area contributed by atoms with Gasteiger partial charge in [0, 0.05) is 0 Å². The lowest BCUT2D eigenvalue weighted by Crippen LogP contribution is -2.34. The number of oxime groups is 1. The molecule has 2 aromatic rings. The molecule has 6 nitrogen and oxygen atoms in total. The summed E-state index contributed by atoms with van der Waals surface area (Å²) in [5.41, 5.74) is 3.06. The van der Waals surface area contributed by atoms with Gasteiger partial charge in [-0.3, -0.25) is 9.69 Å². The first-order valence-electron chi connectivity index (χ1n) is 8.17. The van der Waals surface area contributed by atoms with Gasteiger partial charge in [-0.25, -0.2) is 9.69 Å². The van der Waals surface area contributed by atoms with Gasteiger partial charge in [-0.2, -0.15) is 0 Å². The Morgan fingerprint density at radius 2 is 1.81 bits per heavy atom. The Kier molecular flexibility index (Phi) is 4.58. The highest BCUT2D eigenvalue weighted by atomic mass is 16.4. The molecular formula is C20H19N3O3. The number of nitrogens with zero attached hydrogens (tertiary/aromatic N) is 3. The van der Waals surface area contributed by atoms with Crippen LogP contribution in [0.25, 0.3) is 6.08 Å². The average molecular weight is 349 g/mol. The van der Waals surface area contributed by atoms with E-state index in [4.69, 9.17) is 5.21 Å². The first kappa shape index (κ1) is 17.4. The van der Waals surface area contributed by atoms with Crippen molar-refractivity contribution in [3.05, 3.63) is 66.2 Å².